The van der Waals surface area contributed by atoms with Gasteiger partial charge in [0.2, 0.25) is 0 Å². The van der Waals surface area contributed by atoms with Crippen LogP contribution in [0.1, 0.15) is 54.1 Å². The molecule has 2 N–H and O–H groups in total. The van der Waals surface area contributed by atoms with E-state index in [4.69, 9.17) is 0 Å². The van der Waals surface area contributed by atoms with E-state index in [1.807, 2.05) is 17.0 Å². The molecule has 32 heavy (non-hydrogen) atoms. The first-order valence-electron chi connectivity index (χ1n) is 11.3. The number of fused-ring (bicyclic) bond motifs is 1. The van der Waals surface area contributed by atoms with Gasteiger partial charge in [-0.25, -0.2) is 0 Å². The predicted octanol–water partition coefficient (Wildman–Crippen LogP) is 2.27. The van der Waals surface area contributed by atoms with Crippen LogP contribution in [0.25, 0.3) is 0 Å². The summed E-state index contributed by atoms with van der Waals surface area (Å²) < 4.78 is 0. The van der Waals surface area contributed by atoms with Crippen LogP contribution in [0.15, 0.2) is 48.8 Å². The lowest BCUT2D eigenvalue weighted by atomic mass is 9.74. The van der Waals surface area contributed by atoms with E-state index in [2.05, 4.69) is 33.9 Å². The molecule has 4 rings (SSSR count). The number of benzene rings is 1. The number of amides is 1. The van der Waals surface area contributed by atoms with E-state index < -0.39 is 5.60 Å². The van der Waals surface area contributed by atoms with Crippen LogP contribution in [0.2, 0.25) is 0 Å². The number of aliphatic hydroxyl groups is 2. The fraction of sp³-hybridized carbons (Fsp3) is 0.462. The van der Waals surface area contributed by atoms with Gasteiger partial charge in [0.25, 0.3) is 5.91 Å². The van der Waals surface area contributed by atoms with Gasteiger partial charge < -0.3 is 15.1 Å². The third-order valence-electron chi connectivity index (χ3n) is 6.39. The number of carbonyl (C=O) groups excluding carboxylic acids is 1. The van der Waals surface area contributed by atoms with Crippen LogP contribution in [0.5, 0.6) is 0 Å². The molecule has 3 heterocycles. The van der Waals surface area contributed by atoms with Crippen molar-refractivity contribution in [1.82, 2.24) is 14.8 Å². The number of hydrogen-bond acceptors (Lipinski definition) is 5. The topological polar surface area (TPSA) is 76.9 Å². The molecule has 2 aliphatic rings. The number of pyridine rings is 1. The lowest BCUT2D eigenvalue weighted by Gasteiger charge is -2.57. The summed E-state index contributed by atoms with van der Waals surface area (Å²) in [5, 5.41) is 19.9. The van der Waals surface area contributed by atoms with Crippen molar-refractivity contribution in [2.45, 2.75) is 50.3 Å². The number of rotatable bonds is 3. The molecule has 2 saturated heterocycles. The largest absolute Gasteiger partial charge is 0.395 e. The summed E-state index contributed by atoms with van der Waals surface area (Å²) >= 11 is 0. The molecule has 6 nitrogen and oxygen atoms in total. The van der Waals surface area contributed by atoms with E-state index in [1.54, 1.807) is 38.4 Å². The minimum Gasteiger partial charge on any atom is -0.395 e. The van der Waals surface area contributed by atoms with E-state index in [0.717, 1.165) is 37.1 Å². The summed E-state index contributed by atoms with van der Waals surface area (Å²) in [6, 6.07) is 11.8. The van der Waals surface area contributed by atoms with Crippen LogP contribution in [0.3, 0.4) is 0 Å². The van der Waals surface area contributed by atoms with Gasteiger partial charge in [-0.15, -0.1) is 0 Å². The lowest BCUT2D eigenvalue weighted by Crippen LogP contribution is -2.67. The molecule has 1 amide bonds. The first-order chi connectivity index (χ1) is 15.4. The van der Waals surface area contributed by atoms with Gasteiger partial charge in [0, 0.05) is 54.6 Å². The van der Waals surface area contributed by atoms with Crippen LogP contribution in [-0.4, -0.2) is 74.8 Å². The molecule has 2 fully saturated rings. The first kappa shape index (κ1) is 22.5. The summed E-state index contributed by atoms with van der Waals surface area (Å²) in [4.78, 5) is 21.5. The Hall–Kier alpha value is -2.72. The maximum Gasteiger partial charge on any atom is 0.254 e. The van der Waals surface area contributed by atoms with Gasteiger partial charge in [0.15, 0.2) is 0 Å². The Morgan fingerprint density at radius 2 is 1.81 bits per heavy atom. The average molecular weight is 434 g/mol. The maximum atomic E-state index is 13.1. The maximum absolute atomic E-state index is 13.1. The molecular formula is C26H31N3O3. The van der Waals surface area contributed by atoms with Gasteiger partial charge in [0.05, 0.1) is 6.61 Å². The van der Waals surface area contributed by atoms with Gasteiger partial charge in [-0.3, -0.25) is 14.7 Å². The van der Waals surface area contributed by atoms with Crippen molar-refractivity contribution >= 4 is 5.91 Å². The standard InChI is InChI=1S/C26H31N3O3/c1-26(2,32)12-9-19-5-7-20(8-6-19)24-22-17-28(25(31)21-10-13-27-14-11-21)15-3-4-16-29(22)23(24)18-30/h5-8,10-11,13-14,22-24,30,32H,3-4,15-18H2,1-2H3/t22-,23-,24-/m0/s1. The zero-order valence-electron chi connectivity index (χ0n) is 18.7. The highest BCUT2D eigenvalue weighted by atomic mass is 16.3. The van der Waals surface area contributed by atoms with Crippen LogP contribution in [0, 0.1) is 11.8 Å². The van der Waals surface area contributed by atoms with E-state index in [-0.39, 0.29) is 30.5 Å². The second-order valence-electron chi connectivity index (χ2n) is 9.21. The van der Waals surface area contributed by atoms with Crippen molar-refractivity contribution in [3.63, 3.8) is 0 Å². The van der Waals surface area contributed by atoms with Gasteiger partial charge >= 0.3 is 0 Å². The normalized spacial score (nSPS) is 23.8. The highest BCUT2D eigenvalue weighted by Crippen LogP contribution is 2.42. The number of aromatic nitrogens is 1. The van der Waals surface area contributed by atoms with Crippen LogP contribution in [-0.2, 0) is 0 Å². The molecule has 0 saturated carbocycles. The Balaban J connectivity index is 1.55. The summed E-state index contributed by atoms with van der Waals surface area (Å²) in [5.41, 5.74) is 1.63. The summed E-state index contributed by atoms with van der Waals surface area (Å²) in [5.74, 6) is 6.04. The van der Waals surface area contributed by atoms with Crippen LogP contribution >= 0.6 is 0 Å². The Labute approximate surface area is 189 Å². The monoisotopic (exact) mass is 433 g/mol. The van der Waals surface area contributed by atoms with Gasteiger partial charge in [-0.2, -0.15) is 0 Å². The molecule has 0 unspecified atom stereocenters. The third-order valence-corrected chi connectivity index (χ3v) is 6.39. The predicted molar refractivity (Wildman–Crippen MR) is 123 cm³/mol. The minimum atomic E-state index is -1.03. The Morgan fingerprint density at radius 1 is 1.12 bits per heavy atom. The quantitative estimate of drug-likeness (QED) is 0.727. The summed E-state index contributed by atoms with van der Waals surface area (Å²) in [6.45, 7) is 5.75. The molecule has 6 heteroatoms. The summed E-state index contributed by atoms with van der Waals surface area (Å²) in [7, 11) is 0. The average Bonchev–Trinajstić information content (AvgIpc) is 2.77. The van der Waals surface area contributed by atoms with Gasteiger partial charge in [-0.05, 0) is 63.1 Å². The Bertz CT molecular complexity index is 989. The van der Waals surface area contributed by atoms with E-state index in [9.17, 15) is 15.0 Å². The number of aliphatic hydroxyl groups excluding tert-OH is 1. The van der Waals surface area contributed by atoms with Crippen molar-refractivity contribution in [1.29, 1.82) is 0 Å². The zero-order chi connectivity index (χ0) is 22.7. The summed E-state index contributed by atoms with van der Waals surface area (Å²) in [6.07, 6.45) is 5.27. The molecule has 3 atom stereocenters. The van der Waals surface area contributed by atoms with Crippen molar-refractivity contribution in [2.75, 3.05) is 26.2 Å². The molecule has 2 aliphatic heterocycles. The highest BCUT2D eigenvalue weighted by Gasteiger charge is 2.49. The third kappa shape index (κ3) is 4.86. The molecule has 0 radical (unpaired) electrons. The van der Waals surface area contributed by atoms with Crippen molar-refractivity contribution in [2.24, 2.45) is 0 Å². The first-order valence-corrected chi connectivity index (χ1v) is 11.3. The Morgan fingerprint density at radius 3 is 2.47 bits per heavy atom. The Kier molecular flexibility index (Phi) is 6.61. The van der Waals surface area contributed by atoms with Gasteiger partial charge in [-0.1, -0.05) is 24.0 Å². The second-order valence-corrected chi connectivity index (χ2v) is 9.21. The molecule has 0 bridgehead atoms. The smallest absolute Gasteiger partial charge is 0.254 e. The van der Waals surface area contributed by atoms with E-state index in [1.165, 1.54) is 0 Å². The van der Waals surface area contributed by atoms with Gasteiger partial charge in [0.1, 0.15) is 5.60 Å². The van der Waals surface area contributed by atoms with Crippen LogP contribution < -0.4 is 0 Å². The van der Waals surface area contributed by atoms with Crippen LogP contribution in [0.4, 0.5) is 0 Å². The fourth-order valence-corrected chi connectivity index (χ4v) is 4.82. The molecule has 168 valence electrons. The number of carbonyl (C=O) groups is 1. The molecule has 1 aromatic heterocycles. The van der Waals surface area contributed by atoms with Crippen molar-refractivity contribution in [3.05, 3.63) is 65.5 Å². The highest BCUT2D eigenvalue weighted by molar-refractivity contribution is 5.94. The number of hydrogen-bond donors (Lipinski definition) is 2. The van der Waals surface area contributed by atoms with E-state index >= 15 is 0 Å². The second kappa shape index (κ2) is 9.41. The van der Waals surface area contributed by atoms with Crippen molar-refractivity contribution in [3.8, 4) is 11.8 Å². The lowest BCUT2D eigenvalue weighted by molar-refractivity contribution is -0.0606. The number of nitrogens with zero attached hydrogens (tertiary/aromatic N) is 3. The van der Waals surface area contributed by atoms with Crippen molar-refractivity contribution < 1.29 is 15.0 Å². The molecule has 0 aliphatic carbocycles. The molecular weight excluding hydrogens is 402 g/mol. The SMILES string of the molecule is CC(C)(O)C#Cc1ccc([C@@H]2[C@H](CO)N3CCCCN(C(=O)c4ccncc4)C[C@@H]23)cc1. The zero-order valence-corrected chi connectivity index (χ0v) is 18.7. The van der Waals surface area contributed by atoms with E-state index in [0.29, 0.717) is 12.1 Å². The molecule has 2 aromatic rings. The fourth-order valence-electron chi connectivity index (χ4n) is 4.82. The molecule has 1 aromatic carbocycles. The molecule has 0 spiro atoms. The minimum absolute atomic E-state index is 0.0395.